The van der Waals surface area contributed by atoms with Crippen LogP contribution in [0.4, 0.5) is 17.2 Å². The zero-order valence-corrected chi connectivity index (χ0v) is 16.3. The number of benzene rings is 2. The second-order valence-corrected chi connectivity index (χ2v) is 6.27. The first-order valence-electron chi connectivity index (χ1n) is 9.33. The van der Waals surface area contributed by atoms with Crippen molar-refractivity contribution < 1.29 is 9.53 Å². The number of hydrogen-bond donors (Lipinski definition) is 1. The second kappa shape index (κ2) is 8.99. The summed E-state index contributed by atoms with van der Waals surface area (Å²) in [6, 6.07) is 18.9. The number of carbonyl (C=O) groups excluding carboxylic acids is 1. The lowest BCUT2D eigenvalue weighted by Crippen LogP contribution is -2.31. The van der Waals surface area contributed by atoms with Crippen LogP contribution in [0.1, 0.15) is 29.9 Å². The minimum atomic E-state index is -0.173. The largest absolute Gasteiger partial charge is 0.494 e. The molecule has 144 valence electrons. The normalized spacial score (nSPS) is 10.4. The quantitative estimate of drug-likeness (QED) is 0.653. The first-order valence-corrected chi connectivity index (χ1v) is 9.33. The minimum absolute atomic E-state index is 0.173. The van der Waals surface area contributed by atoms with Gasteiger partial charge in [-0.15, -0.1) is 10.2 Å². The number of aryl methyl sites for hydroxylation is 1. The summed E-state index contributed by atoms with van der Waals surface area (Å²) in [5.41, 5.74) is 3.13. The van der Waals surface area contributed by atoms with Crippen molar-refractivity contribution in [3.63, 3.8) is 0 Å². The van der Waals surface area contributed by atoms with Crippen LogP contribution in [-0.2, 0) is 0 Å². The first-order chi connectivity index (χ1) is 13.6. The Balaban J connectivity index is 1.71. The zero-order chi connectivity index (χ0) is 19.9. The Kier molecular flexibility index (Phi) is 6.22. The van der Waals surface area contributed by atoms with Gasteiger partial charge in [0.15, 0.2) is 11.5 Å². The molecule has 0 aliphatic rings. The third-order valence-electron chi connectivity index (χ3n) is 4.20. The molecule has 0 saturated carbocycles. The van der Waals surface area contributed by atoms with Crippen LogP contribution in [-0.4, -0.2) is 29.3 Å². The van der Waals surface area contributed by atoms with Crippen molar-refractivity contribution in [1.29, 1.82) is 0 Å². The number of amides is 1. The van der Waals surface area contributed by atoms with Crippen LogP contribution in [0.5, 0.6) is 5.75 Å². The highest BCUT2D eigenvalue weighted by Gasteiger charge is 2.18. The number of anilines is 3. The van der Waals surface area contributed by atoms with Crippen LogP contribution in [0.3, 0.4) is 0 Å². The maximum Gasteiger partial charge on any atom is 0.278 e. The van der Waals surface area contributed by atoms with Crippen molar-refractivity contribution >= 4 is 23.1 Å². The lowest BCUT2D eigenvalue weighted by Gasteiger charge is -2.20. The molecular weight excluding hydrogens is 352 g/mol. The molecule has 1 aromatic heterocycles. The van der Waals surface area contributed by atoms with Crippen LogP contribution in [0, 0.1) is 6.92 Å². The fourth-order valence-corrected chi connectivity index (χ4v) is 2.84. The van der Waals surface area contributed by atoms with Gasteiger partial charge in [-0.2, -0.15) is 0 Å². The van der Waals surface area contributed by atoms with E-state index in [1.807, 2.05) is 69.3 Å². The molecule has 0 unspecified atom stereocenters. The molecule has 1 N–H and O–H groups in total. The summed E-state index contributed by atoms with van der Waals surface area (Å²) in [6.07, 6.45) is 0. The summed E-state index contributed by atoms with van der Waals surface area (Å²) in [5.74, 6) is 1.21. The van der Waals surface area contributed by atoms with Crippen LogP contribution in [0.25, 0.3) is 0 Å². The summed E-state index contributed by atoms with van der Waals surface area (Å²) in [4.78, 5) is 14.5. The molecule has 0 bridgehead atoms. The molecule has 6 nitrogen and oxygen atoms in total. The molecule has 2 aromatic carbocycles. The van der Waals surface area contributed by atoms with Gasteiger partial charge < -0.3 is 15.0 Å². The van der Waals surface area contributed by atoms with E-state index in [4.69, 9.17) is 4.74 Å². The summed E-state index contributed by atoms with van der Waals surface area (Å²) in [5, 5.41) is 11.4. The van der Waals surface area contributed by atoms with Gasteiger partial charge in [-0.1, -0.05) is 12.1 Å². The van der Waals surface area contributed by atoms with Crippen molar-refractivity contribution in [3.05, 3.63) is 71.9 Å². The predicted octanol–water partition coefficient (Wildman–Crippen LogP) is 4.59. The van der Waals surface area contributed by atoms with Gasteiger partial charge >= 0.3 is 0 Å². The van der Waals surface area contributed by atoms with Gasteiger partial charge in [-0.25, -0.2) is 0 Å². The lowest BCUT2D eigenvalue weighted by atomic mass is 10.2. The van der Waals surface area contributed by atoms with E-state index in [1.54, 1.807) is 17.0 Å². The molecule has 1 heterocycles. The topological polar surface area (TPSA) is 67.3 Å². The average Bonchev–Trinajstić information content (AvgIpc) is 2.71. The molecule has 3 rings (SSSR count). The van der Waals surface area contributed by atoms with E-state index >= 15 is 0 Å². The van der Waals surface area contributed by atoms with E-state index < -0.39 is 0 Å². The Bertz CT molecular complexity index is 924. The highest BCUT2D eigenvalue weighted by atomic mass is 16.5. The number of aromatic nitrogens is 2. The predicted molar refractivity (Wildman–Crippen MR) is 111 cm³/mol. The number of ether oxygens (including phenoxy) is 1. The molecule has 1 amide bonds. The maximum absolute atomic E-state index is 12.8. The SMILES string of the molecule is CCOc1ccc(Nc2ccc(C(=O)N(CC)c3cccc(C)c3)nn2)cc1. The highest BCUT2D eigenvalue weighted by molar-refractivity contribution is 6.04. The molecular formula is C22H24N4O2. The highest BCUT2D eigenvalue weighted by Crippen LogP contribution is 2.20. The van der Waals surface area contributed by atoms with Gasteiger partial charge in [0.2, 0.25) is 0 Å². The molecule has 0 radical (unpaired) electrons. The molecule has 0 fully saturated rings. The second-order valence-electron chi connectivity index (χ2n) is 6.27. The minimum Gasteiger partial charge on any atom is -0.494 e. The number of rotatable bonds is 7. The fraction of sp³-hybridized carbons (Fsp3) is 0.227. The Morgan fingerprint density at radius 2 is 1.82 bits per heavy atom. The van der Waals surface area contributed by atoms with E-state index in [1.165, 1.54) is 0 Å². The Labute approximate surface area is 165 Å². The molecule has 6 heteroatoms. The lowest BCUT2D eigenvalue weighted by molar-refractivity contribution is 0.0982. The van der Waals surface area contributed by atoms with E-state index in [-0.39, 0.29) is 5.91 Å². The monoisotopic (exact) mass is 376 g/mol. The molecule has 0 aliphatic carbocycles. The van der Waals surface area contributed by atoms with Crippen LogP contribution >= 0.6 is 0 Å². The van der Waals surface area contributed by atoms with Crippen LogP contribution < -0.4 is 15.0 Å². The number of nitrogens with zero attached hydrogens (tertiary/aromatic N) is 3. The van der Waals surface area contributed by atoms with E-state index in [9.17, 15) is 4.79 Å². The first kappa shape index (κ1) is 19.4. The van der Waals surface area contributed by atoms with Gasteiger partial charge in [0, 0.05) is 17.9 Å². The Hall–Kier alpha value is -3.41. The Morgan fingerprint density at radius 3 is 2.43 bits per heavy atom. The summed E-state index contributed by atoms with van der Waals surface area (Å²) < 4.78 is 5.43. The van der Waals surface area contributed by atoms with Gasteiger partial charge in [0.05, 0.1) is 6.61 Å². The van der Waals surface area contributed by atoms with Crippen molar-refractivity contribution in [2.24, 2.45) is 0 Å². The third kappa shape index (κ3) is 4.65. The Morgan fingerprint density at radius 1 is 1.04 bits per heavy atom. The molecule has 0 saturated heterocycles. The standard InChI is InChI=1S/C22H24N4O2/c1-4-26(18-8-6-7-16(3)15-18)22(27)20-13-14-21(25-24-20)23-17-9-11-19(12-10-17)28-5-2/h6-15H,4-5H2,1-3H3,(H,23,25). The summed E-state index contributed by atoms with van der Waals surface area (Å²) in [6.45, 7) is 7.07. The van der Waals surface area contributed by atoms with E-state index in [0.29, 0.717) is 24.7 Å². The number of carbonyl (C=O) groups is 1. The third-order valence-corrected chi connectivity index (χ3v) is 4.20. The van der Waals surface area contributed by atoms with Crippen LogP contribution in [0.15, 0.2) is 60.7 Å². The molecule has 28 heavy (non-hydrogen) atoms. The van der Waals surface area contributed by atoms with Crippen molar-refractivity contribution in [1.82, 2.24) is 10.2 Å². The maximum atomic E-state index is 12.8. The van der Waals surface area contributed by atoms with Gasteiger partial charge in [0.1, 0.15) is 5.75 Å². The molecule has 0 aliphatic heterocycles. The van der Waals surface area contributed by atoms with Crippen molar-refractivity contribution in [2.45, 2.75) is 20.8 Å². The summed E-state index contributed by atoms with van der Waals surface area (Å²) >= 11 is 0. The van der Waals surface area contributed by atoms with Gasteiger partial charge in [-0.05, 0) is 74.9 Å². The van der Waals surface area contributed by atoms with Crippen LogP contribution in [0.2, 0.25) is 0 Å². The zero-order valence-electron chi connectivity index (χ0n) is 16.3. The number of nitrogens with one attached hydrogen (secondary N) is 1. The molecule has 3 aromatic rings. The number of hydrogen-bond acceptors (Lipinski definition) is 5. The van der Waals surface area contributed by atoms with E-state index in [2.05, 4.69) is 15.5 Å². The fourth-order valence-electron chi connectivity index (χ4n) is 2.84. The van der Waals surface area contributed by atoms with Gasteiger partial charge in [-0.3, -0.25) is 4.79 Å². The van der Waals surface area contributed by atoms with Crippen molar-refractivity contribution in [2.75, 3.05) is 23.4 Å². The molecule has 0 spiro atoms. The smallest absolute Gasteiger partial charge is 0.278 e. The van der Waals surface area contributed by atoms with Crippen molar-refractivity contribution in [3.8, 4) is 5.75 Å². The van der Waals surface area contributed by atoms with E-state index in [0.717, 1.165) is 22.7 Å². The summed E-state index contributed by atoms with van der Waals surface area (Å²) in [7, 11) is 0. The average molecular weight is 376 g/mol. The molecule has 0 atom stereocenters. The van der Waals surface area contributed by atoms with Gasteiger partial charge in [0.25, 0.3) is 5.91 Å².